The molecule has 32 heavy (non-hydrogen) atoms. The largest absolute Gasteiger partial charge is 0.349 e. The van der Waals surface area contributed by atoms with Crippen molar-refractivity contribution in [3.8, 4) is 0 Å². The van der Waals surface area contributed by atoms with Gasteiger partial charge < -0.3 is 10.6 Å². The van der Waals surface area contributed by atoms with Crippen molar-refractivity contribution in [1.29, 1.82) is 0 Å². The minimum absolute atomic E-state index is 0.0656. The van der Waals surface area contributed by atoms with E-state index in [1.54, 1.807) is 28.8 Å². The molecule has 0 saturated heterocycles. The lowest BCUT2D eigenvalue weighted by atomic mass is 10.2. The number of carbonyl (C=O) groups excluding carboxylic acids is 2. The highest BCUT2D eigenvalue weighted by Crippen LogP contribution is 2.29. The summed E-state index contributed by atoms with van der Waals surface area (Å²) in [5, 5.41) is 6.98. The maximum absolute atomic E-state index is 13.1. The van der Waals surface area contributed by atoms with Gasteiger partial charge in [-0.1, -0.05) is 17.8 Å². The van der Waals surface area contributed by atoms with E-state index >= 15 is 0 Å². The molecule has 0 spiro atoms. The zero-order chi connectivity index (χ0) is 23.0. The number of aromatic nitrogens is 2. The number of carbonyl (C=O) groups is 2. The topological polar surface area (TPSA) is 93.1 Å². The number of hydrogen-bond donors (Lipinski definition) is 2. The molecule has 3 aromatic rings. The molecule has 0 bridgehead atoms. The molecule has 7 nitrogen and oxygen atoms in total. The standard InChI is InChI=1S/C23H26N4O3S2/c1-12(2)27-22(30)19-13(3)14(4)32-21(19)26-23(27)31-11-18(28)24-17-7-5-6-15(10-17)20(29)25-16-8-9-16/h5-7,10,12,16H,8-9,11H2,1-4H3,(H,24,28)(H,25,29). The van der Waals surface area contributed by atoms with Gasteiger partial charge in [0.1, 0.15) is 4.83 Å². The van der Waals surface area contributed by atoms with Crippen molar-refractivity contribution in [1.82, 2.24) is 14.9 Å². The predicted octanol–water partition coefficient (Wildman–Crippen LogP) is 4.28. The number of anilines is 1. The molecule has 9 heteroatoms. The van der Waals surface area contributed by atoms with E-state index in [-0.39, 0.29) is 35.2 Å². The number of benzene rings is 1. The van der Waals surface area contributed by atoms with E-state index in [1.165, 1.54) is 23.1 Å². The Hall–Kier alpha value is -2.65. The van der Waals surface area contributed by atoms with Gasteiger partial charge in [-0.3, -0.25) is 19.0 Å². The summed E-state index contributed by atoms with van der Waals surface area (Å²) in [7, 11) is 0. The van der Waals surface area contributed by atoms with Gasteiger partial charge in [0.2, 0.25) is 5.91 Å². The first-order chi connectivity index (χ1) is 15.2. The van der Waals surface area contributed by atoms with Gasteiger partial charge in [0, 0.05) is 28.2 Å². The normalized spacial score (nSPS) is 13.5. The summed E-state index contributed by atoms with van der Waals surface area (Å²) < 4.78 is 1.66. The number of aryl methyl sites for hydroxylation is 2. The highest BCUT2D eigenvalue weighted by molar-refractivity contribution is 7.99. The van der Waals surface area contributed by atoms with Crippen LogP contribution in [0.4, 0.5) is 5.69 Å². The Morgan fingerprint density at radius 3 is 2.72 bits per heavy atom. The Balaban J connectivity index is 1.49. The van der Waals surface area contributed by atoms with Crippen LogP contribution in [0.25, 0.3) is 10.2 Å². The summed E-state index contributed by atoms with van der Waals surface area (Å²) in [6, 6.07) is 7.10. The summed E-state index contributed by atoms with van der Waals surface area (Å²) in [6.07, 6.45) is 2.04. The van der Waals surface area contributed by atoms with Crippen LogP contribution in [0.3, 0.4) is 0 Å². The Bertz CT molecular complexity index is 1260. The van der Waals surface area contributed by atoms with Gasteiger partial charge in [-0.2, -0.15) is 0 Å². The van der Waals surface area contributed by atoms with Crippen LogP contribution >= 0.6 is 23.1 Å². The molecule has 1 fully saturated rings. The number of nitrogens with one attached hydrogen (secondary N) is 2. The fraction of sp³-hybridized carbons (Fsp3) is 0.391. The summed E-state index contributed by atoms with van der Waals surface area (Å²) in [5.74, 6) is -0.247. The van der Waals surface area contributed by atoms with Crippen molar-refractivity contribution in [2.24, 2.45) is 0 Å². The van der Waals surface area contributed by atoms with Crippen LogP contribution in [0.2, 0.25) is 0 Å². The molecule has 1 aliphatic carbocycles. The number of hydrogen-bond acceptors (Lipinski definition) is 6. The number of thiophene rings is 1. The Labute approximate surface area is 194 Å². The lowest BCUT2D eigenvalue weighted by Gasteiger charge is -2.15. The van der Waals surface area contributed by atoms with E-state index in [2.05, 4.69) is 10.6 Å². The first-order valence-electron chi connectivity index (χ1n) is 10.6. The second-order valence-electron chi connectivity index (χ2n) is 8.29. The fourth-order valence-electron chi connectivity index (χ4n) is 3.41. The van der Waals surface area contributed by atoms with Gasteiger partial charge in [0.15, 0.2) is 5.16 Å². The van der Waals surface area contributed by atoms with E-state index in [1.807, 2.05) is 27.7 Å². The maximum atomic E-state index is 13.1. The fourth-order valence-corrected chi connectivity index (χ4v) is 5.41. The molecule has 0 aliphatic heterocycles. The van der Waals surface area contributed by atoms with Gasteiger partial charge in [-0.05, 0) is 64.3 Å². The van der Waals surface area contributed by atoms with Crippen molar-refractivity contribution in [3.63, 3.8) is 0 Å². The van der Waals surface area contributed by atoms with Gasteiger partial charge in [0.25, 0.3) is 11.5 Å². The minimum atomic E-state index is -0.224. The Kier molecular flexibility index (Phi) is 6.39. The average Bonchev–Trinajstić information content (AvgIpc) is 3.50. The third-order valence-corrected chi connectivity index (χ3v) is 7.43. The molecule has 2 aromatic heterocycles. The molecule has 0 unspecified atom stereocenters. The molecule has 2 N–H and O–H groups in total. The van der Waals surface area contributed by atoms with Crippen LogP contribution in [0.15, 0.2) is 34.2 Å². The van der Waals surface area contributed by atoms with Crippen LogP contribution in [-0.4, -0.2) is 33.2 Å². The van der Waals surface area contributed by atoms with Crippen LogP contribution in [0.1, 0.15) is 53.5 Å². The van der Waals surface area contributed by atoms with Crippen molar-refractivity contribution in [3.05, 3.63) is 50.6 Å². The van der Waals surface area contributed by atoms with Crippen molar-refractivity contribution < 1.29 is 9.59 Å². The highest BCUT2D eigenvalue weighted by atomic mass is 32.2. The van der Waals surface area contributed by atoms with E-state index < -0.39 is 0 Å². The molecular weight excluding hydrogens is 444 g/mol. The van der Waals surface area contributed by atoms with Gasteiger partial charge in [-0.15, -0.1) is 11.3 Å². The van der Waals surface area contributed by atoms with E-state index in [4.69, 9.17) is 4.98 Å². The quantitative estimate of drug-likeness (QED) is 0.397. The van der Waals surface area contributed by atoms with Crippen LogP contribution in [0, 0.1) is 13.8 Å². The number of nitrogens with zero attached hydrogens (tertiary/aromatic N) is 2. The monoisotopic (exact) mass is 470 g/mol. The van der Waals surface area contributed by atoms with Crippen molar-refractivity contribution >= 4 is 50.8 Å². The number of fused-ring (bicyclic) bond motifs is 1. The zero-order valence-corrected chi connectivity index (χ0v) is 20.2. The van der Waals surface area contributed by atoms with Gasteiger partial charge >= 0.3 is 0 Å². The zero-order valence-electron chi connectivity index (χ0n) is 18.5. The van der Waals surface area contributed by atoms with Crippen molar-refractivity contribution in [2.45, 2.75) is 57.8 Å². The average molecular weight is 471 g/mol. The smallest absolute Gasteiger partial charge is 0.263 e. The molecule has 1 aliphatic rings. The van der Waals surface area contributed by atoms with E-state index in [9.17, 15) is 14.4 Å². The summed E-state index contributed by atoms with van der Waals surface area (Å²) in [6.45, 7) is 7.80. The number of amides is 2. The third kappa shape index (κ3) is 4.73. The lowest BCUT2D eigenvalue weighted by Crippen LogP contribution is -2.26. The summed E-state index contributed by atoms with van der Waals surface area (Å²) in [4.78, 5) is 44.4. The second kappa shape index (κ2) is 9.07. The maximum Gasteiger partial charge on any atom is 0.263 e. The van der Waals surface area contributed by atoms with Crippen LogP contribution in [0.5, 0.6) is 0 Å². The van der Waals surface area contributed by atoms with Gasteiger partial charge in [-0.25, -0.2) is 4.98 Å². The van der Waals surface area contributed by atoms with E-state index in [0.717, 1.165) is 23.3 Å². The number of thioether (sulfide) groups is 1. The van der Waals surface area contributed by atoms with Crippen LogP contribution < -0.4 is 16.2 Å². The molecule has 2 amide bonds. The van der Waals surface area contributed by atoms with Crippen molar-refractivity contribution in [2.75, 3.05) is 11.1 Å². The first kappa shape index (κ1) is 22.5. The number of rotatable bonds is 7. The highest BCUT2D eigenvalue weighted by Gasteiger charge is 2.24. The SMILES string of the molecule is Cc1sc2nc(SCC(=O)Nc3cccc(C(=O)NC4CC4)c3)n(C(C)C)c(=O)c2c1C. The molecule has 2 heterocycles. The Morgan fingerprint density at radius 2 is 2.03 bits per heavy atom. The van der Waals surface area contributed by atoms with Gasteiger partial charge in [0.05, 0.1) is 11.1 Å². The summed E-state index contributed by atoms with van der Waals surface area (Å²) in [5.41, 5.74) is 1.99. The molecule has 0 atom stereocenters. The molecule has 0 radical (unpaired) electrons. The molecular formula is C23H26N4O3S2. The third-order valence-electron chi connectivity index (χ3n) is 5.37. The summed E-state index contributed by atoms with van der Waals surface area (Å²) >= 11 is 2.74. The molecule has 168 valence electrons. The predicted molar refractivity (Wildman–Crippen MR) is 130 cm³/mol. The lowest BCUT2D eigenvalue weighted by molar-refractivity contribution is -0.113. The minimum Gasteiger partial charge on any atom is -0.349 e. The molecule has 1 aromatic carbocycles. The molecule has 1 saturated carbocycles. The molecule has 4 rings (SSSR count). The van der Waals surface area contributed by atoms with Crippen LogP contribution in [-0.2, 0) is 4.79 Å². The van der Waals surface area contributed by atoms with E-state index in [0.29, 0.717) is 26.6 Å². The first-order valence-corrected chi connectivity index (χ1v) is 12.4. The Morgan fingerprint density at radius 1 is 1.28 bits per heavy atom. The second-order valence-corrected chi connectivity index (χ2v) is 10.4.